The molecule has 1 aromatic rings. The second-order valence-electron chi connectivity index (χ2n) is 5.09. The van der Waals surface area contributed by atoms with Crippen molar-refractivity contribution in [1.29, 1.82) is 0 Å². The second-order valence-corrected chi connectivity index (χ2v) is 5.09. The Morgan fingerprint density at radius 3 is 2.41 bits per heavy atom. The Balaban J connectivity index is 1.90. The van der Waals surface area contributed by atoms with Gasteiger partial charge in [0.15, 0.2) is 5.78 Å². The van der Waals surface area contributed by atoms with Crippen molar-refractivity contribution < 1.29 is 14.3 Å². The zero-order valence-corrected chi connectivity index (χ0v) is 10.1. The predicted molar refractivity (Wildman–Crippen MR) is 63.7 cm³/mol. The lowest BCUT2D eigenvalue weighted by atomic mass is 9.83. The van der Waals surface area contributed by atoms with Crippen LogP contribution in [0.3, 0.4) is 0 Å². The Bertz CT molecular complexity index is 434. The van der Waals surface area contributed by atoms with E-state index in [-0.39, 0.29) is 23.3 Å². The van der Waals surface area contributed by atoms with Gasteiger partial charge < -0.3 is 4.74 Å². The molecule has 0 spiro atoms. The highest BCUT2D eigenvalue weighted by atomic mass is 16.6. The molecular formula is C14H16O3. The molecule has 0 saturated carbocycles. The van der Waals surface area contributed by atoms with Gasteiger partial charge in [0, 0.05) is 17.4 Å². The molecule has 90 valence electrons. The van der Waals surface area contributed by atoms with Gasteiger partial charge in [0.25, 0.3) is 0 Å². The normalized spacial score (nSPS) is 18.7. The number of carbonyl (C=O) groups excluding carboxylic acids is 2. The standard InChI is InChI=1S/C14H16O3/c1-14(2,12-13(16)17-12)9-8-11(15)10-6-4-3-5-7-10/h3-7,12H,8-9H2,1-2H3. The monoisotopic (exact) mass is 232 g/mol. The minimum atomic E-state index is -0.314. The fourth-order valence-electron chi connectivity index (χ4n) is 1.90. The van der Waals surface area contributed by atoms with Gasteiger partial charge >= 0.3 is 5.97 Å². The molecule has 0 aliphatic carbocycles. The Hall–Kier alpha value is -1.64. The summed E-state index contributed by atoms with van der Waals surface area (Å²) in [5, 5.41) is 0. The van der Waals surface area contributed by atoms with E-state index in [4.69, 9.17) is 4.74 Å². The van der Waals surface area contributed by atoms with Gasteiger partial charge in [-0.1, -0.05) is 44.2 Å². The lowest BCUT2D eigenvalue weighted by Gasteiger charge is -2.19. The molecule has 1 aromatic carbocycles. The highest BCUT2D eigenvalue weighted by Crippen LogP contribution is 2.37. The van der Waals surface area contributed by atoms with Crippen LogP contribution in [0.2, 0.25) is 0 Å². The molecule has 1 saturated heterocycles. The van der Waals surface area contributed by atoms with Crippen molar-refractivity contribution >= 4 is 11.8 Å². The van der Waals surface area contributed by atoms with Crippen molar-refractivity contribution in [1.82, 2.24) is 0 Å². The van der Waals surface area contributed by atoms with E-state index in [1.165, 1.54) is 0 Å². The van der Waals surface area contributed by atoms with Gasteiger partial charge in [-0.25, -0.2) is 4.79 Å². The zero-order valence-electron chi connectivity index (χ0n) is 10.1. The van der Waals surface area contributed by atoms with Crippen LogP contribution in [0.5, 0.6) is 0 Å². The van der Waals surface area contributed by atoms with Gasteiger partial charge in [-0.05, 0) is 6.42 Å². The van der Waals surface area contributed by atoms with Gasteiger partial charge in [-0.15, -0.1) is 0 Å². The number of ketones is 1. The second kappa shape index (κ2) is 4.32. The quantitative estimate of drug-likeness (QED) is 0.579. The van der Waals surface area contributed by atoms with Crippen LogP contribution in [0.15, 0.2) is 30.3 Å². The van der Waals surface area contributed by atoms with E-state index in [1.54, 1.807) is 0 Å². The van der Waals surface area contributed by atoms with E-state index in [0.717, 1.165) is 5.56 Å². The van der Waals surface area contributed by atoms with Crippen molar-refractivity contribution in [2.24, 2.45) is 5.41 Å². The lowest BCUT2D eigenvalue weighted by molar-refractivity contribution is -0.117. The molecule has 1 fully saturated rings. The molecule has 1 atom stereocenters. The summed E-state index contributed by atoms with van der Waals surface area (Å²) in [5.74, 6) is -0.0334. The van der Waals surface area contributed by atoms with E-state index in [9.17, 15) is 9.59 Å². The molecule has 1 heterocycles. The highest BCUT2D eigenvalue weighted by molar-refractivity contribution is 5.96. The SMILES string of the molecule is CC(C)(CCC(=O)c1ccccc1)C1OC1=O. The Kier molecular flexibility index (Phi) is 3.01. The zero-order chi connectivity index (χ0) is 12.5. The summed E-state index contributed by atoms with van der Waals surface area (Å²) in [6, 6.07) is 9.22. The van der Waals surface area contributed by atoms with Crippen LogP contribution in [0.1, 0.15) is 37.0 Å². The Morgan fingerprint density at radius 2 is 1.88 bits per heavy atom. The van der Waals surface area contributed by atoms with Gasteiger partial charge in [0.05, 0.1) is 0 Å². The van der Waals surface area contributed by atoms with Crippen LogP contribution in [0, 0.1) is 5.41 Å². The average Bonchev–Trinajstić information content (AvgIpc) is 3.06. The van der Waals surface area contributed by atoms with Crippen LogP contribution < -0.4 is 0 Å². The first-order valence-electron chi connectivity index (χ1n) is 5.79. The summed E-state index contributed by atoms with van der Waals surface area (Å²) in [4.78, 5) is 22.8. The van der Waals surface area contributed by atoms with Crippen molar-refractivity contribution in [2.45, 2.75) is 32.8 Å². The molecule has 0 aromatic heterocycles. The molecule has 2 rings (SSSR count). The van der Waals surface area contributed by atoms with E-state index in [2.05, 4.69) is 0 Å². The minimum absolute atomic E-state index is 0.117. The molecule has 1 aliphatic heterocycles. The number of cyclic esters (lactones) is 1. The number of Topliss-reactive ketones (excluding diaryl/α,β-unsaturated/α-hetero) is 1. The first-order valence-corrected chi connectivity index (χ1v) is 5.79. The van der Waals surface area contributed by atoms with Crippen molar-refractivity contribution in [3.05, 3.63) is 35.9 Å². The largest absolute Gasteiger partial charge is 0.447 e. The molecule has 17 heavy (non-hydrogen) atoms. The summed E-state index contributed by atoms with van der Waals surface area (Å²) in [5.41, 5.74) is 0.480. The van der Waals surface area contributed by atoms with Gasteiger partial charge in [0.1, 0.15) is 0 Å². The number of rotatable bonds is 5. The smallest absolute Gasteiger partial charge is 0.348 e. The van der Waals surface area contributed by atoms with Crippen molar-refractivity contribution in [3.63, 3.8) is 0 Å². The summed E-state index contributed by atoms with van der Waals surface area (Å²) in [7, 11) is 0. The third kappa shape index (κ3) is 2.73. The number of hydrogen-bond donors (Lipinski definition) is 0. The molecule has 0 bridgehead atoms. The maximum atomic E-state index is 11.9. The van der Waals surface area contributed by atoms with Gasteiger partial charge in [0.2, 0.25) is 6.10 Å². The summed E-state index contributed by atoms with van der Waals surface area (Å²) in [6.07, 6.45) is 0.799. The maximum absolute atomic E-state index is 11.9. The number of carbonyl (C=O) groups is 2. The minimum Gasteiger partial charge on any atom is -0.447 e. The Labute approximate surface area is 101 Å². The fourth-order valence-corrected chi connectivity index (χ4v) is 1.90. The Morgan fingerprint density at radius 1 is 1.29 bits per heavy atom. The topological polar surface area (TPSA) is 46.7 Å². The fraction of sp³-hybridized carbons (Fsp3) is 0.429. The number of epoxide rings is 1. The summed E-state index contributed by atoms with van der Waals surface area (Å²) >= 11 is 0. The molecule has 0 amide bonds. The number of ether oxygens (including phenoxy) is 1. The lowest BCUT2D eigenvalue weighted by Crippen LogP contribution is -2.21. The maximum Gasteiger partial charge on any atom is 0.348 e. The van der Waals surface area contributed by atoms with Crippen LogP contribution in [0.25, 0.3) is 0 Å². The van der Waals surface area contributed by atoms with E-state index in [1.807, 2.05) is 44.2 Å². The predicted octanol–water partition coefficient (Wildman–Crippen LogP) is 2.60. The molecule has 1 unspecified atom stereocenters. The third-order valence-corrected chi connectivity index (χ3v) is 3.19. The van der Waals surface area contributed by atoms with Crippen LogP contribution in [-0.4, -0.2) is 17.9 Å². The van der Waals surface area contributed by atoms with Gasteiger partial charge in [-0.3, -0.25) is 4.79 Å². The first kappa shape index (κ1) is 11.8. The van der Waals surface area contributed by atoms with Crippen LogP contribution in [-0.2, 0) is 9.53 Å². The van der Waals surface area contributed by atoms with Crippen molar-refractivity contribution in [2.75, 3.05) is 0 Å². The molecule has 3 heteroatoms. The van der Waals surface area contributed by atoms with Crippen LogP contribution in [0.4, 0.5) is 0 Å². The summed E-state index contributed by atoms with van der Waals surface area (Å²) < 4.78 is 4.87. The number of benzene rings is 1. The summed E-state index contributed by atoms with van der Waals surface area (Å²) in [6.45, 7) is 3.92. The molecular weight excluding hydrogens is 216 g/mol. The third-order valence-electron chi connectivity index (χ3n) is 3.19. The molecule has 0 N–H and O–H groups in total. The van der Waals surface area contributed by atoms with E-state index < -0.39 is 0 Å². The molecule has 3 nitrogen and oxygen atoms in total. The highest BCUT2D eigenvalue weighted by Gasteiger charge is 2.50. The number of hydrogen-bond acceptors (Lipinski definition) is 3. The molecule has 1 aliphatic rings. The van der Waals surface area contributed by atoms with E-state index >= 15 is 0 Å². The van der Waals surface area contributed by atoms with Crippen molar-refractivity contribution in [3.8, 4) is 0 Å². The van der Waals surface area contributed by atoms with Crippen LogP contribution >= 0.6 is 0 Å². The average molecular weight is 232 g/mol. The van der Waals surface area contributed by atoms with Gasteiger partial charge in [-0.2, -0.15) is 0 Å². The van der Waals surface area contributed by atoms with E-state index in [0.29, 0.717) is 12.8 Å². The first-order chi connectivity index (χ1) is 8.00. The molecule has 0 radical (unpaired) electrons.